The van der Waals surface area contributed by atoms with Crippen LogP contribution in [0.15, 0.2) is 42.6 Å². The van der Waals surface area contributed by atoms with E-state index in [4.69, 9.17) is 11.6 Å². The summed E-state index contributed by atoms with van der Waals surface area (Å²) in [6, 6.07) is 11.0. The number of rotatable bonds is 2. The van der Waals surface area contributed by atoms with Crippen LogP contribution < -0.4 is 4.90 Å². The number of carbonyl (C=O) groups is 1. The average molecular weight is 304 g/mol. The molecule has 0 unspecified atom stereocenters. The fraction of sp³-hybridized carbons (Fsp3) is 0.0714. The second-order valence-electron chi connectivity index (χ2n) is 4.20. The number of nitrogens with zero attached hydrogens (tertiary/aromatic N) is 3. The molecule has 20 heavy (non-hydrogen) atoms. The van der Waals surface area contributed by atoms with E-state index in [2.05, 4.69) is 9.97 Å². The first-order chi connectivity index (χ1) is 9.65. The molecule has 0 aliphatic carbocycles. The van der Waals surface area contributed by atoms with Gasteiger partial charge in [-0.25, -0.2) is 9.97 Å². The van der Waals surface area contributed by atoms with E-state index in [9.17, 15) is 4.79 Å². The van der Waals surface area contributed by atoms with Gasteiger partial charge in [0.1, 0.15) is 5.15 Å². The molecule has 3 rings (SSSR count). The summed E-state index contributed by atoms with van der Waals surface area (Å²) in [6.45, 7) is 0. The van der Waals surface area contributed by atoms with E-state index < -0.39 is 0 Å². The number of thiazole rings is 1. The Balaban J connectivity index is 1.95. The first-order valence-electron chi connectivity index (χ1n) is 5.90. The SMILES string of the molecule is CN(C(=O)c1ccnc(Cl)c1)c1nc2ccccc2s1. The number of carbonyl (C=O) groups excluding carboxylic acids is 1. The number of aromatic nitrogens is 2. The van der Waals surface area contributed by atoms with E-state index in [0.717, 1.165) is 10.2 Å². The van der Waals surface area contributed by atoms with Crippen LogP contribution in [0.2, 0.25) is 5.15 Å². The third-order valence-corrected chi connectivity index (χ3v) is 4.17. The topological polar surface area (TPSA) is 46.1 Å². The standard InChI is InChI=1S/C14H10ClN3OS/c1-18(13(19)9-6-7-16-12(15)8-9)14-17-10-4-2-3-5-11(10)20-14/h2-8H,1H3. The summed E-state index contributed by atoms with van der Waals surface area (Å²) in [7, 11) is 1.70. The second kappa shape index (κ2) is 5.19. The molecular weight excluding hydrogens is 294 g/mol. The van der Waals surface area contributed by atoms with E-state index >= 15 is 0 Å². The molecule has 1 amide bonds. The number of amides is 1. The third-order valence-electron chi connectivity index (χ3n) is 2.85. The van der Waals surface area contributed by atoms with Crippen molar-refractivity contribution in [3.63, 3.8) is 0 Å². The van der Waals surface area contributed by atoms with Gasteiger partial charge in [0.05, 0.1) is 10.2 Å². The minimum Gasteiger partial charge on any atom is -0.287 e. The summed E-state index contributed by atoms with van der Waals surface area (Å²) < 4.78 is 1.05. The van der Waals surface area contributed by atoms with Crippen molar-refractivity contribution in [1.82, 2.24) is 9.97 Å². The first kappa shape index (κ1) is 13.0. The Labute approximate surface area is 124 Å². The van der Waals surface area contributed by atoms with Gasteiger partial charge in [0, 0.05) is 18.8 Å². The fourth-order valence-electron chi connectivity index (χ4n) is 1.82. The van der Waals surface area contributed by atoms with Gasteiger partial charge in [0.2, 0.25) is 0 Å². The lowest BCUT2D eigenvalue weighted by atomic mass is 10.2. The summed E-state index contributed by atoms with van der Waals surface area (Å²) in [5, 5.41) is 0.956. The predicted molar refractivity (Wildman–Crippen MR) is 81.6 cm³/mol. The summed E-state index contributed by atoms with van der Waals surface area (Å²) in [5.74, 6) is -0.159. The molecule has 6 heteroatoms. The van der Waals surface area contributed by atoms with Crippen LogP contribution in [-0.4, -0.2) is 22.9 Å². The van der Waals surface area contributed by atoms with Crippen LogP contribution in [0.3, 0.4) is 0 Å². The Hall–Kier alpha value is -1.98. The summed E-state index contributed by atoms with van der Waals surface area (Å²) in [5.41, 5.74) is 1.38. The van der Waals surface area contributed by atoms with Gasteiger partial charge in [0.25, 0.3) is 5.91 Å². The molecule has 0 atom stereocenters. The molecule has 0 N–H and O–H groups in total. The fourth-order valence-corrected chi connectivity index (χ4v) is 2.92. The van der Waals surface area contributed by atoms with Gasteiger partial charge in [-0.15, -0.1) is 0 Å². The zero-order chi connectivity index (χ0) is 14.1. The van der Waals surface area contributed by atoms with Crippen molar-refractivity contribution in [3.8, 4) is 0 Å². The average Bonchev–Trinajstić information content (AvgIpc) is 2.89. The Morgan fingerprint density at radius 2 is 2.10 bits per heavy atom. The zero-order valence-corrected chi connectivity index (χ0v) is 12.1. The molecule has 0 saturated carbocycles. The molecule has 0 saturated heterocycles. The number of anilines is 1. The molecule has 2 aromatic heterocycles. The van der Waals surface area contributed by atoms with Crippen molar-refractivity contribution in [1.29, 1.82) is 0 Å². The molecule has 0 bridgehead atoms. The lowest BCUT2D eigenvalue weighted by molar-refractivity contribution is 0.0993. The molecule has 3 aromatic rings. The van der Waals surface area contributed by atoms with E-state index in [0.29, 0.717) is 15.8 Å². The van der Waals surface area contributed by atoms with Crippen molar-refractivity contribution < 1.29 is 4.79 Å². The van der Waals surface area contributed by atoms with Gasteiger partial charge in [-0.05, 0) is 24.3 Å². The highest BCUT2D eigenvalue weighted by Crippen LogP contribution is 2.28. The largest absolute Gasteiger partial charge is 0.287 e. The summed E-state index contributed by atoms with van der Waals surface area (Å²) in [4.78, 5) is 22.2. The lowest BCUT2D eigenvalue weighted by Crippen LogP contribution is -2.26. The molecule has 100 valence electrons. The number of fused-ring (bicyclic) bond motifs is 1. The lowest BCUT2D eigenvalue weighted by Gasteiger charge is -2.13. The highest BCUT2D eigenvalue weighted by Gasteiger charge is 2.17. The highest BCUT2D eigenvalue weighted by atomic mass is 35.5. The number of hydrogen-bond acceptors (Lipinski definition) is 4. The predicted octanol–water partition coefficient (Wildman–Crippen LogP) is 3.62. The maximum atomic E-state index is 12.4. The normalized spacial score (nSPS) is 10.7. The van der Waals surface area contributed by atoms with Crippen LogP contribution in [0.4, 0.5) is 5.13 Å². The minimum absolute atomic E-state index is 0.159. The van der Waals surface area contributed by atoms with E-state index in [1.54, 1.807) is 19.2 Å². The molecular formula is C14H10ClN3OS. The number of benzene rings is 1. The van der Waals surface area contributed by atoms with Gasteiger partial charge in [-0.2, -0.15) is 0 Å². The summed E-state index contributed by atoms with van der Waals surface area (Å²) in [6.07, 6.45) is 1.52. The van der Waals surface area contributed by atoms with E-state index in [-0.39, 0.29) is 5.91 Å². The molecule has 4 nitrogen and oxygen atoms in total. The number of halogens is 1. The first-order valence-corrected chi connectivity index (χ1v) is 7.10. The van der Waals surface area contributed by atoms with Crippen LogP contribution in [0.25, 0.3) is 10.2 Å². The van der Waals surface area contributed by atoms with Gasteiger partial charge in [-0.1, -0.05) is 35.1 Å². The molecule has 2 heterocycles. The number of para-hydroxylation sites is 1. The van der Waals surface area contributed by atoms with Crippen LogP contribution in [0.5, 0.6) is 0 Å². The van der Waals surface area contributed by atoms with Crippen LogP contribution in [-0.2, 0) is 0 Å². The van der Waals surface area contributed by atoms with Gasteiger partial charge in [-0.3, -0.25) is 9.69 Å². The third kappa shape index (κ3) is 2.37. The monoisotopic (exact) mass is 303 g/mol. The molecule has 0 spiro atoms. The van der Waals surface area contributed by atoms with Crippen molar-refractivity contribution in [3.05, 3.63) is 53.3 Å². The highest BCUT2D eigenvalue weighted by molar-refractivity contribution is 7.22. The van der Waals surface area contributed by atoms with Gasteiger partial charge >= 0.3 is 0 Å². The van der Waals surface area contributed by atoms with Gasteiger partial charge in [0.15, 0.2) is 5.13 Å². The minimum atomic E-state index is -0.159. The maximum absolute atomic E-state index is 12.4. The van der Waals surface area contributed by atoms with E-state index in [1.165, 1.54) is 22.4 Å². The molecule has 0 aliphatic heterocycles. The van der Waals surface area contributed by atoms with Crippen molar-refractivity contribution in [2.75, 3.05) is 11.9 Å². The molecule has 0 radical (unpaired) electrons. The molecule has 0 fully saturated rings. The Kier molecular flexibility index (Phi) is 3.38. The molecule has 0 aliphatic rings. The van der Waals surface area contributed by atoms with Crippen LogP contribution >= 0.6 is 22.9 Å². The number of pyridine rings is 1. The molecule has 1 aromatic carbocycles. The van der Waals surface area contributed by atoms with Gasteiger partial charge < -0.3 is 0 Å². The van der Waals surface area contributed by atoms with Crippen LogP contribution in [0.1, 0.15) is 10.4 Å². The van der Waals surface area contributed by atoms with E-state index in [1.807, 2.05) is 24.3 Å². The summed E-state index contributed by atoms with van der Waals surface area (Å²) >= 11 is 7.29. The zero-order valence-electron chi connectivity index (χ0n) is 10.6. The van der Waals surface area contributed by atoms with Crippen molar-refractivity contribution in [2.24, 2.45) is 0 Å². The van der Waals surface area contributed by atoms with Crippen molar-refractivity contribution in [2.45, 2.75) is 0 Å². The maximum Gasteiger partial charge on any atom is 0.259 e. The Morgan fingerprint density at radius 3 is 2.85 bits per heavy atom. The second-order valence-corrected chi connectivity index (χ2v) is 5.59. The van der Waals surface area contributed by atoms with Crippen LogP contribution in [0, 0.1) is 0 Å². The van der Waals surface area contributed by atoms with Crippen molar-refractivity contribution >= 4 is 44.2 Å². The quantitative estimate of drug-likeness (QED) is 0.679. The smallest absolute Gasteiger partial charge is 0.259 e. The number of hydrogen-bond donors (Lipinski definition) is 0. The Morgan fingerprint density at radius 1 is 1.30 bits per heavy atom. The Bertz CT molecular complexity index is 754.